The van der Waals surface area contributed by atoms with Gasteiger partial charge in [0.1, 0.15) is 0 Å². The Balaban J connectivity index is 2.48. The van der Waals surface area contributed by atoms with E-state index in [2.05, 4.69) is 65.9 Å². The minimum absolute atomic E-state index is 0.135. The second-order valence-corrected chi connectivity index (χ2v) is 5.99. The first kappa shape index (κ1) is 15.7. The van der Waals surface area contributed by atoms with Crippen LogP contribution in [0.3, 0.4) is 0 Å². The molecule has 1 atom stereocenters. The lowest BCUT2D eigenvalue weighted by Gasteiger charge is -2.27. The first-order valence-electron chi connectivity index (χ1n) is 6.79. The molecule has 0 radical (unpaired) electrons. The summed E-state index contributed by atoms with van der Waals surface area (Å²) >= 11 is 3.45. The minimum Gasteiger partial charge on any atom is -0.324 e. The maximum Gasteiger partial charge on any atom is 0.0307 e. The van der Waals surface area contributed by atoms with Crippen LogP contribution in [0, 0.1) is 0 Å². The van der Waals surface area contributed by atoms with Crippen LogP contribution in [-0.2, 0) is 0 Å². The van der Waals surface area contributed by atoms with E-state index in [1.807, 2.05) is 0 Å². The van der Waals surface area contributed by atoms with Crippen molar-refractivity contribution in [3.63, 3.8) is 0 Å². The van der Waals surface area contributed by atoms with Crippen LogP contribution in [0.5, 0.6) is 0 Å². The Bertz CT molecular complexity index is 335. The quantitative estimate of drug-likeness (QED) is 0.825. The summed E-state index contributed by atoms with van der Waals surface area (Å²) in [5.74, 6) is 0. The molecule has 1 unspecified atom stereocenters. The first-order valence-corrected chi connectivity index (χ1v) is 7.59. The largest absolute Gasteiger partial charge is 0.324 e. The molecule has 0 aliphatic rings. The van der Waals surface area contributed by atoms with E-state index in [0.717, 1.165) is 24.0 Å². The highest BCUT2D eigenvalue weighted by Crippen LogP contribution is 2.18. The van der Waals surface area contributed by atoms with Crippen LogP contribution in [0.4, 0.5) is 0 Å². The molecule has 18 heavy (non-hydrogen) atoms. The minimum atomic E-state index is 0.135. The molecular formula is C15H25BrN2. The standard InChI is InChI=1S/C15H25BrN2/c1-4-10-18(12(2)3)11-9-15(17)13-5-7-14(16)8-6-13/h5-8,12,15H,4,9-11,17H2,1-3H3. The van der Waals surface area contributed by atoms with E-state index < -0.39 is 0 Å². The van der Waals surface area contributed by atoms with Gasteiger partial charge in [0.15, 0.2) is 0 Å². The highest BCUT2D eigenvalue weighted by Gasteiger charge is 2.11. The van der Waals surface area contributed by atoms with Gasteiger partial charge in [0.25, 0.3) is 0 Å². The Morgan fingerprint density at radius 3 is 2.28 bits per heavy atom. The number of nitrogens with two attached hydrogens (primary N) is 1. The van der Waals surface area contributed by atoms with Crippen LogP contribution in [-0.4, -0.2) is 24.0 Å². The fourth-order valence-electron chi connectivity index (χ4n) is 2.10. The van der Waals surface area contributed by atoms with Gasteiger partial charge < -0.3 is 10.6 Å². The molecule has 2 nitrogen and oxygen atoms in total. The zero-order chi connectivity index (χ0) is 13.5. The average Bonchev–Trinajstić information content (AvgIpc) is 2.34. The van der Waals surface area contributed by atoms with Gasteiger partial charge in [-0.15, -0.1) is 0 Å². The van der Waals surface area contributed by atoms with Gasteiger partial charge in [-0.05, 0) is 50.9 Å². The first-order chi connectivity index (χ1) is 8.54. The maximum absolute atomic E-state index is 6.25. The van der Waals surface area contributed by atoms with Gasteiger partial charge in [-0.3, -0.25) is 0 Å². The van der Waals surface area contributed by atoms with Crippen molar-refractivity contribution in [2.75, 3.05) is 13.1 Å². The van der Waals surface area contributed by atoms with Gasteiger partial charge in [0.05, 0.1) is 0 Å². The van der Waals surface area contributed by atoms with E-state index in [1.165, 1.54) is 12.0 Å². The number of benzene rings is 1. The molecule has 0 saturated carbocycles. The Morgan fingerprint density at radius 1 is 1.17 bits per heavy atom. The molecule has 0 spiro atoms. The van der Waals surface area contributed by atoms with Crippen molar-refractivity contribution in [2.45, 2.75) is 45.7 Å². The van der Waals surface area contributed by atoms with Gasteiger partial charge in [0, 0.05) is 23.1 Å². The number of hydrogen-bond donors (Lipinski definition) is 1. The van der Waals surface area contributed by atoms with Crippen LogP contribution < -0.4 is 5.73 Å². The SMILES string of the molecule is CCCN(CCC(N)c1ccc(Br)cc1)C(C)C. The molecule has 0 aromatic heterocycles. The third-order valence-electron chi connectivity index (χ3n) is 3.27. The lowest BCUT2D eigenvalue weighted by molar-refractivity contribution is 0.214. The number of hydrogen-bond acceptors (Lipinski definition) is 2. The van der Waals surface area contributed by atoms with Crippen LogP contribution in [0.1, 0.15) is 45.2 Å². The van der Waals surface area contributed by atoms with Gasteiger partial charge in [-0.25, -0.2) is 0 Å². The Kier molecular flexibility index (Phi) is 6.90. The van der Waals surface area contributed by atoms with Gasteiger partial charge in [-0.1, -0.05) is 35.0 Å². The van der Waals surface area contributed by atoms with Crippen molar-refractivity contribution in [3.05, 3.63) is 34.3 Å². The molecule has 0 bridgehead atoms. The molecule has 0 aliphatic heterocycles. The summed E-state index contributed by atoms with van der Waals surface area (Å²) < 4.78 is 1.10. The molecule has 1 aromatic carbocycles. The summed E-state index contributed by atoms with van der Waals surface area (Å²) in [6.45, 7) is 8.96. The molecule has 0 saturated heterocycles. The molecule has 102 valence electrons. The fourth-order valence-corrected chi connectivity index (χ4v) is 2.36. The molecule has 0 amide bonds. The normalized spacial score (nSPS) is 13.3. The van der Waals surface area contributed by atoms with E-state index in [-0.39, 0.29) is 6.04 Å². The van der Waals surface area contributed by atoms with E-state index in [0.29, 0.717) is 6.04 Å². The van der Waals surface area contributed by atoms with E-state index in [4.69, 9.17) is 5.73 Å². The third-order valence-corrected chi connectivity index (χ3v) is 3.80. The Hall–Kier alpha value is -0.380. The highest BCUT2D eigenvalue weighted by molar-refractivity contribution is 9.10. The van der Waals surface area contributed by atoms with Gasteiger partial charge in [0.2, 0.25) is 0 Å². The van der Waals surface area contributed by atoms with E-state index >= 15 is 0 Å². The molecule has 3 heteroatoms. The fraction of sp³-hybridized carbons (Fsp3) is 0.600. The van der Waals surface area contributed by atoms with Crippen molar-refractivity contribution in [1.29, 1.82) is 0 Å². The summed E-state index contributed by atoms with van der Waals surface area (Å²) in [7, 11) is 0. The Labute approximate surface area is 120 Å². The number of rotatable bonds is 7. The molecule has 0 aliphatic carbocycles. The lowest BCUT2D eigenvalue weighted by Crippen LogP contribution is -2.34. The van der Waals surface area contributed by atoms with Crippen molar-refractivity contribution in [3.8, 4) is 0 Å². The molecule has 0 heterocycles. The average molecular weight is 313 g/mol. The molecule has 1 aromatic rings. The summed E-state index contributed by atoms with van der Waals surface area (Å²) in [5.41, 5.74) is 7.47. The molecule has 0 fully saturated rings. The van der Waals surface area contributed by atoms with Crippen molar-refractivity contribution in [2.24, 2.45) is 5.73 Å². The molecule has 2 N–H and O–H groups in total. The summed E-state index contributed by atoms with van der Waals surface area (Å²) in [4.78, 5) is 2.50. The molecular weight excluding hydrogens is 288 g/mol. The summed E-state index contributed by atoms with van der Waals surface area (Å²) in [6, 6.07) is 9.06. The van der Waals surface area contributed by atoms with Crippen molar-refractivity contribution < 1.29 is 0 Å². The highest BCUT2D eigenvalue weighted by atomic mass is 79.9. The van der Waals surface area contributed by atoms with Gasteiger partial charge in [-0.2, -0.15) is 0 Å². The smallest absolute Gasteiger partial charge is 0.0307 e. The van der Waals surface area contributed by atoms with Crippen LogP contribution in [0.2, 0.25) is 0 Å². The second kappa shape index (κ2) is 7.93. The topological polar surface area (TPSA) is 29.3 Å². The van der Waals surface area contributed by atoms with Crippen LogP contribution in [0.15, 0.2) is 28.7 Å². The van der Waals surface area contributed by atoms with Crippen molar-refractivity contribution in [1.82, 2.24) is 4.90 Å². The molecule has 1 rings (SSSR count). The van der Waals surface area contributed by atoms with Crippen LogP contribution in [0.25, 0.3) is 0 Å². The van der Waals surface area contributed by atoms with E-state index in [9.17, 15) is 0 Å². The summed E-state index contributed by atoms with van der Waals surface area (Å²) in [6.07, 6.45) is 2.21. The van der Waals surface area contributed by atoms with Crippen molar-refractivity contribution >= 4 is 15.9 Å². The zero-order valence-corrected chi connectivity index (χ0v) is 13.3. The van der Waals surface area contributed by atoms with Crippen LogP contribution >= 0.6 is 15.9 Å². The summed E-state index contributed by atoms with van der Waals surface area (Å²) in [5, 5.41) is 0. The predicted molar refractivity (Wildman–Crippen MR) is 82.7 cm³/mol. The number of halogens is 1. The third kappa shape index (κ3) is 5.09. The second-order valence-electron chi connectivity index (χ2n) is 5.08. The zero-order valence-electron chi connectivity index (χ0n) is 11.7. The monoisotopic (exact) mass is 312 g/mol. The predicted octanol–water partition coefficient (Wildman–Crippen LogP) is 3.96. The lowest BCUT2D eigenvalue weighted by atomic mass is 10.0. The number of nitrogens with zero attached hydrogens (tertiary/aromatic N) is 1. The van der Waals surface area contributed by atoms with Gasteiger partial charge >= 0.3 is 0 Å². The maximum atomic E-state index is 6.25. The Morgan fingerprint density at radius 2 is 1.78 bits per heavy atom. The van der Waals surface area contributed by atoms with E-state index in [1.54, 1.807) is 0 Å².